The average Bonchev–Trinajstić information content (AvgIpc) is 2.46. The van der Waals surface area contributed by atoms with Gasteiger partial charge in [-0.05, 0) is 35.7 Å². The number of methoxy groups -OCH3 is 1. The largest absolute Gasteiger partial charge is 0.497 e. The standard InChI is InChI=1S/C16H14ClF3O/c1-21-14-7-2-4-11(8-14)9-15(17)12-5-3-6-13(10-12)16(18,19)20/h2-8,10,15H,9H2,1H3. The molecule has 5 heteroatoms. The van der Waals surface area contributed by atoms with Crippen LogP contribution in [0, 0.1) is 0 Å². The quantitative estimate of drug-likeness (QED) is 0.702. The first-order valence-electron chi connectivity index (χ1n) is 6.34. The van der Waals surface area contributed by atoms with E-state index in [0.717, 1.165) is 17.7 Å². The van der Waals surface area contributed by atoms with E-state index in [1.807, 2.05) is 18.2 Å². The summed E-state index contributed by atoms with van der Waals surface area (Å²) in [6.45, 7) is 0. The fraction of sp³-hybridized carbons (Fsp3) is 0.250. The molecule has 0 saturated heterocycles. The van der Waals surface area contributed by atoms with Gasteiger partial charge in [-0.25, -0.2) is 0 Å². The van der Waals surface area contributed by atoms with Crippen molar-refractivity contribution in [2.24, 2.45) is 0 Å². The average molecular weight is 315 g/mol. The van der Waals surface area contributed by atoms with Gasteiger partial charge < -0.3 is 4.74 Å². The van der Waals surface area contributed by atoms with Gasteiger partial charge in [0.25, 0.3) is 0 Å². The van der Waals surface area contributed by atoms with Gasteiger partial charge >= 0.3 is 6.18 Å². The highest BCUT2D eigenvalue weighted by molar-refractivity contribution is 6.20. The van der Waals surface area contributed by atoms with Crippen LogP contribution in [0.15, 0.2) is 48.5 Å². The Morgan fingerprint density at radius 1 is 1.10 bits per heavy atom. The minimum absolute atomic E-state index is 0.431. The Balaban J connectivity index is 2.18. The van der Waals surface area contributed by atoms with Gasteiger partial charge in [-0.1, -0.05) is 30.3 Å². The van der Waals surface area contributed by atoms with E-state index in [9.17, 15) is 13.2 Å². The summed E-state index contributed by atoms with van der Waals surface area (Å²) in [7, 11) is 1.56. The Bertz CT molecular complexity index is 610. The topological polar surface area (TPSA) is 9.23 Å². The first kappa shape index (κ1) is 15.7. The van der Waals surface area contributed by atoms with Crippen molar-refractivity contribution in [1.29, 1.82) is 0 Å². The van der Waals surface area contributed by atoms with Crippen molar-refractivity contribution < 1.29 is 17.9 Å². The van der Waals surface area contributed by atoms with E-state index in [-0.39, 0.29) is 0 Å². The third-order valence-electron chi connectivity index (χ3n) is 3.12. The molecule has 0 radical (unpaired) electrons. The SMILES string of the molecule is COc1cccc(CC(Cl)c2cccc(C(F)(F)F)c2)c1. The van der Waals surface area contributed by atoms with Crippen molar-refractivity contribution in [3.63, 3.8) is 0 Å². The molecule has 0 aliphatic rings. The zero-order valence-corrected chi connectivity index (χ0v) is 12.1. The Hall–Kier alpha value is -1.68. The number of halogens is 4. The van der Waals surface area contributed by atoms with Crippen LogP contribution in [0.2, 0.25) is 0 Å². The zero-order valence-electron chi connectivity index (χ0n) is 11.3. The lowest BCUT2D eigenvalue weighted by molar-refractivity contribution is -0.137. The second-order valence-corrected chi connectivity index (χ2v) is 5.17. The molecule has 0 amide bonds. The van der Waals surface area contributed by atoms with Crippen LogP contribution >= 0.6 is 11.6 Å². The predicted molar refractivity (Wildman–Crippen MR) is 76.7 cm³/mol. The zero-order chi connectivity index (χ0) is 15.5. The third kappa shape index (κ3) is 4.14. The highest BCUT2D eigenvalue weighted by Gasteiger charge is 2.30. The van der Waals surface area contributed by atoms with Gasteiger partial charge in [-0.3, -0.25) is 0 Å². The lowest BCUT2D eigenvalue weighted by Crippen LogP contribution is -2.06. The predicted octanol–water partition coefficient (Wildman–Crippen LogP) is 5.24. The molecule has 21 heavy (non-hydrogen) atoms. The molecule has 0 aliphatic carbocycles. The molecule has 1 unspecified atom stereocenters. The van der Waals surface area contributed by atoms with Crippen LogP contribution < -0.4 is 4.74 Å². The van der Waals surface area contributed by atoms with Gasteiger partial charge in [0.15, 0.2) is 0 Å². The molecule has 0 saturated carbocycles. The molecule has 0 heterocycles. The summed E-state index contributed by atoms with van der Waals surface area (Å²) in [6.07, 6.45) is -3.93. The molecule has 1 atom stereocenters. The lowest BCUT2D eigenvalue weighted by atomic mass is 10.0. The Labute approximate surface area is 126 Å². The van der Waals surface area contributed by atoms with Crippen LogP contribution in [0.4, 0.5) is 13.2 Å². The maximum absolute atomic E-state index is 12.7. The van der Waals surface area contributed by atoms with Crippen LogP contribution in [-0.4, -0.2) is 7.11 Å². The monoisotopic (exact) mass is 314 g/mol. The van der Waals surface area contributed by atoms with Crippen LogP contribution in [0.1, 0.15) is 22.1 Å². The van der Waals surface area contributed by atoms with E-state index in [2.05, 4.69) is 0 Å². The first-order valence-corrected chi connectivity index (χ1v) is 6.78. The highest BCUT2D eigenvalue weighted by atomic mass is 35.5. The summed E-state index contributed by atoms with van der Waals surface area (Å²) in [6, 6.07) is 12.4. The summed E-state index contributed by atoms with van der Waals surface area (Å²) in [4.78, 5) is 0. The minimum Gasteiger partial charge on any atom is -0.497 e. The van der Waals surface area contributed by atoms with Gasteiger partial charge in [0.1, 0.15) is 5.75 Å². The molecule has 0 N–H and O–H groups in total. The molecule has 0 spiro atoms. The molecule has 2 aromatic carbocycles. The summed E-state index contributed by atoms with van der Waals surface area (Å²) in [5.41, 5.74) is 0.678. The Kier molecular flexibility index (Phi) is 4.78. The fourth-order valence-electron chi connectivity index (χ4n) is 2.03. The molecule has 0 bridgehead atoms. The highest BCUT2D eigenvalue weighted by Crippen LogP contribution is 2.33. The molecule has 0 aliphatic heterocycles. The normalized spacial score (nSPS) is 13.0. The fourth-order valence-corrected chi connectivity index (χ4v) is 2.35. The summed E-state index contributed by atoms with van der Waals surface area (Å²) in [5.74, 6) is 0.695. The number of alkyl halides is 4. The van der Waals surface area contributed by atoms with E-state index in [4.69, 9.17) is 16.3 Å². The molecule has 0 aromatic heterocycles. The van der Waals surface area contributed by atoms with E-state index in [1.165, 1.54) is 6.07 Å². The van der Waals surface area contributed by atoms with Crippen LogP contribution in [0.3, 0.4) is 0 Å². The van der Waals surface area contributed by atoms with Crippen LogP contribution in [0.25, 0.3) is 0 Å². The minimum atomic E-state index is -4.36. The molecule has 2 rings (SSSR count). The van der Waals surface area contributed by atoms with Crippen LogP contribution in [-0.2, 0) is 12.6 Å². The van der Waals surface area contributed by atoms with E-state index in [0.29, 0.717) is 17.7 Å². The molecule has 1 nitrogen and oxygen atoms in total. The van der Waals surface area contributed by atoms with Gasteiger partial charge in [-0.2, -0.15) is 13.2 Å². The first-order chi connectivity index (χ1) is 9.90. The molecule has 112 valence electrons. The number of hydrogen-bond donors (Lipinski definition) is 0. The number of ether oxygens (including phenoxy) is 1. The van der Waals surface area contributed by atoms with Gasteiger partial charge in [0.05, 0.1) is 18.1 Å². The molecular weight excluding hydrogens is 301 g/mol. The summed E-state index contributed by atoms with van der Waals surface area (Å²) >= 11 is 6.25. The van der Waals surface area contributed by atoms with Gasteiger partial charge in [-0.15, -0.1) is 11.6 Å². The lowest BCUT2D eigenvalue weighted by Gasteiger charge is -2.13. The second kappa shape index (κ2) is 6.39. The summed E-state index contributed by atoms with van der Waals surface area (Å²) in [5, 5.41) is -0.528. The van der Waals surface area contributed by atoms with Crippen molar-refractivity contribution in [2.75, 3.05) is 7.11 Å². The van der Waals surface area contributed by atoms with Crippen LogP contribution in [0.5, 0.6) is 5.75 Å². The Morgan fingerprint density at radius 2 is 1.81 bits per heavy atom. The number of hydrogen-bond acceptors (Lipinski definition) is 1. The van der Waals surface area contributed by atoms with Gasteiger partial charge in [0.2, 0.25) is 0 Å². The Morgan fingerprint density at radius 3 is 2.48 bits per heavy atom. The van der Waals surface area contributed by atoms with Crippen molar-refractivity contribution >= 4 is 11.6 Å². The summed E-state index contributed by atoms with van der Waals surface area (Å²) < 4.78 is 43.2. The molecular formula is C16H14ClF3O. The second-order valence-electron chi connectivity index (χ2n) is 4.65. The smallest absolute Gasteiger partial charge is 0.416 e. The van der Waals surface area contributed by atoms with Gasteiger partial charge in [0, 0.05) is 0 Å². The van der Waals surface area contributed by atoms with Crippen molar-refractivity contribution in [2.45, 2.75) is 18.0 Å². The number of benzene rings is 2. The molecule has 2 aromatic rings. The molecule has 0 fully saturated rings. The van der Waals surface area contributed by atoms with Crippen molar-refractivity contribution in [1.82, 2.24) is 0 Å². The van der Waals surface area contributed by atoms with E-state index in [1.54, 1.807) is 19.2 Å². The van der Waals surface area contributed by atoms with Crippen molar-refractivity contribution in [3.8, 4) is 5.75 Å². The van der Waals surface area contributed by atoms with Crippen molar-refractivity contribution in [3.05, 3.63) is 65.2 Å². The van der Waals surface area contributed by atoms with E-state index < -0.39 is 17.1 Å². The maximum Gasteiger partial charge on any atom is 0.416 e. The third-order valence-corrected chi connectivity index (χ3v) is 3.53. The maximum atomic E-state index is 12.7. The van der Waals surface area contributed by atoms with E-state index >= 15 is 0 Å². The number of rotatable bonds is 4.